The second kappa shape index (κ2) is 8.52. The molecule has 0 radical (unpaired) electrons. The van der Waals surface area contributed by atoms with E-state index in [1.54, 1.807) is 0 Å². The fraction of sp³-hybridized carbons (Fsp3) is 0.667. The fourth-order valence-electron chi connectivity index (χ4n) is 3.57. The summed E-state index contributed by atoms with van der Waals surface area (Å²) in [6.07, 6.45) is 3.60. The molecular formula is C18H31N3. The van der Waals surface area contributed by atoms with Gasteiger partial charge in [0.2, 0.25) is 0 Å². The Hall–Kier alpha value is -0.900. The molecular weight excluding hydrogens is 258 g/mol. The molecule has 1 saturated heterocycles. The van der Waals surface area contributed by atoms with E-state index in [0.717, 1.165) is 32.1 Å². The summed E-state index contributed by atoms with van der Waals surface area (Å²) in [5, 5.41) is 0. The molecule has 1 aromatic carbocycles. The second-order valence-corrected chi connectivity index (χ2v) is 6.07. The van der Waals surface area contributed by atoms with Crippen LogP contribution in [0.15, 0.2) is 30.3 Å². The molecule has 1 aliphatic rings. The van der Waals surface area contributed by atoms with E-state index in [9.17, 15) is 0 Å². The lowest BCUT2D eigenvalue weighted by molar-refractivity contribution is 0.184. The number of benzene rings is 1. The summed E-state index contributed by atoms with van der Waals surface area (Å²) in [4.78, 5) is 5.21. The molecule has 1 aromatic rings. The van der Waals surface area contributed by atoms with Gasteiger partial charge in [-0.25, -0.2) is 0 Å². The molecule has 1 fully saturated rings. The van der Waals surface area contributed by atoms with Crippen molar-refractivity contribution >= 4 is 0 Å². The number of nitrogens with two attached hydrogens (primary N) is 1. The van der Waals surface area contributed by atoms with Gasteiger partial charge in [0.1, 0.15) is 0 Å². The van der Waals surface area contributed by atoms with Crippen LogP contribution in [0.5, 0.6) is 0 Å². The minimum atomic E-state index is 0.533. The van der Waals surface area contributed by atoms with Crippen molar-refractivity contribution in [3.05, 3.63) is 35.9 Å². The molecule has 0 aromatic heterocycles. The Morgan fingerprint density at radius 2 is 1.95 bits per heavy atom. The minimum Gasteiger partial charge on any atom is -0.329 e. The van der Waals surface area contributed by atoms with E-state index in [1.165, 1.54) is 31.5 Å². The highest BCUT2D eigenvalue weighted by Gasteiger charge is 2.29. The third-order valence-electron chi connectivity index (χ3n) is 4.92. The van der Waals surface area contributed by atoms with Crippen LogP contribution < -0.4 is 5.73 Å². The molecule has 2 rings (SSSR count). The first-order valence-electron chi connectivity index (χ1n) is 8.50. The highest BCUT2D eigenvalue weighted by molar-refractivity contribution is 5.14. The quantitative estimate of drug-likeness (QED) is 0.797. The highest BCUT2D eigenvalue weighted by Crippen LogP contribution is 2.20. The van der Waals surface area contributed by atoms with Gasteiger partial charge in [-0.05, 0) is 37.9 Å². The van der Waals surface area contributed by atoms with Gasteiger partial charge in [-0.15, -0.1) is 0 Å². The summed E-state index contributed by atoms with van der Waals surface area (Å²) in [6.45, 7) is 10.0. The Morgan fingerprint density at radius 1 is 1.24 bits per heavy atom. The van der Waals surface area contributed by atoms with Gasteiger partial charge in [-0.1, -0.05) is 44.2 Å². The number of likely N-dealkylation sites (N-methyl/N-ethyl adjacent to an activating group) is 1. The van der Waals surface area contributed by atoms with Crippen LogP contribution in [0.25, 0.3) is 0 Å². The van der Waals surface area contributed by atoms with E-state index in [4.69, 9.17) is 5.73 Å². The number of aryl methyl sites for hydroxylation is 1. The largest absolute Gasteiger partial charge is 0.329 e. The first-order chi connectivity index (χ1) is 10.3. The normalized spacial score (nSPS) is 21.0. The topological polar surface area (TPSA) is 32.5 Å². The van der Waals surface area contributed by atoms with Crippen LogP contribution in [-0.4, -0.2) is 54.6 Å². The Balaban J connectivity index is 1.84. The zero-order valence-corrected chi connectivity index (χ0v) is 13.7. The maximum absolute atomic E-state index is 6.05. The highest BCUT2D eigenvalue weighted by atomic mass is 15.3. The van der Waals surface area contributed by atoms with Crippen LogP contribution in [0.3, 0.4) is 0 Å². The molecule has 0 aliphatic carbocycles. The van der Waals surface area contributed by atoms with Gasteiger partial charge in [0, 0.05) is 31.7 Å². The van der Waals surface area contributed by atoms with Gasteiger partial charge < -0.3 is 5.73 Å². The van der Waals surface area contributed by atoms with Crippen LogP contribution >= 0.6 is 0 Å². The summed E-state index contributed by atoms with van der Waals surface area (Å²) < 4.78 is 0. The van der Waals surface area contributed by atoms with Gasteiger partial charge in [0.25, 0.3) is 0 Å². The maximum Gasteiger partial charge on any atom is 0.0235 e. The first kappa shape index (κ1) is 16.5. The SMILES string of the molecule is CCN(CC)C1CCN(C(CN)CCc2ccccc2)C1. The molecule has 2 atom stereocenters. The maximum atomic E-state index is 6.05. The smallest absolute Gasteiger partial charge is 0.0235 e. The number of hydrogen-bond donors (Lipinski definition) is 1. The molecule has 3 heteroatoms. The zero-order chi connectivity index (χ0) is 15.1. The van der Waals surface area contributed by atoms with Crippen LogP contribution in [0.4, 0.5) is 0 Å². The van der Waals surface area contributed by atoms with Crippen molar-refractivity contribution < 1.29 is 0 Å². The van der Waals surface area contributed by atoms with Crippen LogP contribution in [-0.2, 0) is 6.42 Å². The van der Waals surface area contributed by atoms with Gasteiger partial charge in [0.05, 0.1) is 0 Å². The summed E-state index contributed by atoms with van der Waals surface area (Å²) in [5.41, 5.74) is 7.47. The number of rotatable bonds is 8. The predicted molar refractivity (Wildman–Crippen MR) is 90.5 cm³/mol. The van der Waals surface area contributed by atoms with Gasteiger partial charge in [0.15, 0.2) is 0 Å². The summed E-state index contributed by atoms with van der Waals surface area (Å²) >= 11 is 0. The van der Waals surface area contributed by atoms with Crippen molar-refractivity contribution in [3.63, 3.8) is 0 Å². The van der Waals surface area contributed by atoms with Crippen LogP contribution in [0.2, 0.25) is 0 Å². The monoisotopic (exact) mass is 289 g/mol. The molecule has 2 N–H and O–H groups in total. The molecule has 0 saturated carbocycles. The van der Waals surface area contributed by atoms with Crippen molar-refractivity contribution in [3.8, 4) is 0 Å². The van der Waals surface area contributed by atoms with Crippen molar-refractivity contribution in [2.24, 2.45) is 5.73 Å². The van der Waals surface area contributed by atoms with E-state index < -0.39 is 0 Å². The van der Waals surface area contributed by atoms with E-state index in [-0.39, 0.29) is 0 Å². The molecule has 0 bridgehead atoms. The van der Waals surface area contributed by atoms with Gasteiger partial charge in [-0.2, -0.15) is 0 Å². The van der Waals surface area contributed by atoms with Gasteiger partial charge in [-0.3, -0.25) is 9.80 Å². The number of hydrogen-bond acceptors (Lipinski definition) is 3. The van der Waals surface area contributed by atoms with Crippen molar-refractivity contribution in [1.29, 1.82) is 0 Å². The van der Waals surface area contributed by atoms with E-state index >= 15 is 0 Å². The van der Waals surface area contributed by atoms with Crippen molar-refractivity contribution in [2.75, 3.05) is 32.7 Å². The lowest BCUT2D eigenvalue weighted by atomic mass is 10.0. The average Bonchev–Trinajstić information content (AvgIpc) is 3.00. The Labute approximate surface area is 130 Å². The third-order valence-corrected chi connectivity index (χ3v) is 4.92. The number of nitrogens with zero attached hydrogens (tertiary/aromatic N) is 2. The van der Waals surface area contributed by atoms with E-state index in [0.29, 0.717) is 6.04 Å². The molecule has 0 spiro atoms. The summed E-state index contributed by atoms with van der Waals surface area (Å²) in [7, 11) is 0. The first-order valence-corrected chi connectivity index (χ1v) is 8.50. The molecule has 3 nitrogen and oxygen atoms in total. The predicted octanol–water partition coefficient (Wildman–Crippen LogP) is 2.36. The van der Waals surface area contributed by atoms with Crippen LogP contribution in [0, 0.1) is 0 Å². The molecule has 0 amide bonds. The minimum absolute atomic E-state index is 0.533. The molecule has 118 valence electrons. The van der Waals surface area contributed by atoms with Crippen molar-refractivity contribution in [2.45, 2.75) is 45.2 Å². The van der Waals surface area contributed by atoms with E-state index in [2.05, 4.69) is 54.0 Å². The van der Waals surface area contributed by atoms with Crippen LogP contribution in [0.1, 0.15) is 32.3 Å². The Morgan fingerprint density at radius 3 is 2.57 bits per heavy atom. The van der Waals surface area contributed by atoms with Crippen molar-refractivity contribution in [1.82, 2.24) is 9.80 Å². The fourth-order valence-corrected chi connectivity index (χ4v) is 3.57. The molecule has 21 heavy (non-hydrogen) atoms. The molecule has 2 unspecified atom stereocenters. The molecule has 1 heterocycles. The summed E-state index contributed by atoms with van der Waals surface area (Å²) in [6, 6.07) is 12.0. The van der Waals surface area contributed by atoms with E-state index in [1.807, 2.05) is 0 Å². The second-order valence-electron chi connectivity index (χ2n) is 6.07. The Kier molecular flexibility index (Phi) is 6.68. The average molecular weight is 289 g/mol. The zero-order valence-electron chi connectivity index (χ0n) is 13.7. The lowest BCUT2D eigenvalue weighted by Crippen LogP contribution is -2.43. The summed E-state index contributed by atoms with van der Waals surface area (Å²) in [5.74, 6) is 0. The Bertz CT molecular complexity index is 389. The third kappa shape index (κ3) is 4.53. The number of likely N-dealkylation sites (tertiary alicyclic amines) is 1. The lowest BCUT2D eigenvalue weighted by Gasteiger charge is -2.29. The standard InChI is InChI=1S/C18H31N3/c1-3-20(4-2)18-12-13-21(15-18)17(14-19)11-10-16-8-6-5-7-9-16/h5-9,17-18H,3-4,10-15,19H2,1-2H3. The van der Waals surface area contributed by atoms with Gasteiger partial charge >= 0.3 is 0 Å². The molecule has 1 aliphatic heterocycles.